The highest BCUT2D eigenvalue weighted by molar-refractivity contribution is 7.90. The molecule has 0 radical (unpaired) electrons. The van der Waals surface area contributed by atoms with E-state index in [2.05, 4.69) is 15.6 Å². The van der Waals surface area contributed by atoms with Gasteiger partial charge in [0.25, 0.3) is 0 Å². The summed E-state index contributed by atoms with van der Waals surface area (Å²) in [6.45, 7) is 1.73. The van der Waals surface area contributed by atoms with Gasteiger partial charge in [0.2, 0.25) is 0 Å². The van der Waals surface area contributed by atoms with E-state index >= 15 is 0 Å². The van der Waals surface area contributed by atoms with Crippen LogP contribution < -0.4 is 10.6 Å². The summed E-state index contributed by atoms with van der Waals surface area (Å²) in [5.74, 6) is -0.459. The van der Waals surface area contributed by atoms with E-state index in [1.54, 1.807) is 42.7 Å². The molecule has 0 atom stereocenters. The Balaban J connectivity index is 1.64. The number of pyridine rings is 1. The summed E-state index contributed by atoms with van der Waals surface area (Å²) in [6.07, 6.45) is 3.31. The molecule has 0 fully saturated rings. The van der Waals surface area contributed by atoms with Crippen LogP contribution in [0.2, 0.25) is 0 Å². The normalized spacial score (nSPS) is 11.0. The third-order valence-electron chi connectivity index (χ3n) is 4.39. The van der Waals surface area contributed by atoms with Gasteiger partial charge >= 0.3 is 6.03 Å². The Morgan fingerprint density at radius 1 is 0.967 bits per heavy atom. The molecule has 3 rings (SSSR count). The Bertz CT molecular complexity index is 1140. The summed E-state index contributed by atoms with van der Waals surface area (Å²) in [6, 6.07) is 15.8. The lowest BCUT2D eigenvalue weighted by atomic mass is 10.1. The maximum Gasteiger partial charge on any atom is 0.319 e. The average molecular weight is 423 g/mol. The Labute approximate surface area is 175 Å². The molecule has 2 N–H and O–H groups in total. The number of nitrogens with zero attached hydrogens (tertiary/aromatic N) is 1. The zero-order valence-corrected chi connectivity index (χ0v) is 17.1. The number of Topliss-reactive ketones (excluding diaryl/α,β-unsaturated/α-hetero) is 1. The minimum Gasteiger partial charge on any atom is -0.334 e. The van der Waals surface area contributed by atoms with Crippen molar-refractivity contribution in [2.75, 3.05) is 5.32 Å². The molecule has 0 aliphatic heterocycles. The first-order valence-corrected chi connectivity index (χ1v) is 10.9. The molecule has 0 aliphatic carbocycles. The maximum absolute atomic E-state index is 12.8. The topological polar surface area (TPSA) is 105 Å². The van der Waals surface area contributed by atoms with E-state index in [1.807, 2.05) is 6.07 Å². The summed E-state index contributed by atoms with van der Waals surface area (Å²) < 4.78 is 25.5. The van der Waals surface area contributed by atoms with Gasteiger partial charge in [0.15, 0.2) is 15.6 Å². The SMILES string of the molecule is CC(=O)c1ccccc1CS(=O)(=O)c1ccc(NC(=O)NCc2cccnc2)cc1. The van der Waals surface area contributed by atoms with Crippen molar-refractivity contribution in [1.82, 2.24) is 10.3 Å². The molecule has 2 amide bonds. The van der Waals surface area contributed by atoms with Crippen LogP contribution in [0, 0.1) is 0 Å². The van der Waals surface area contributed by atoms with E-state index in [0.717, 1.165) is 5.56 Å². The third-order valence-corrected chi connectivity index (χ3v) is 6.07. The molecule has 30 heavy (non-hydrogen) atoms. The van der Waals surface area contributed by atoms with Crippen molar-refractivity contribution < 1.29 is 18.0 Å². The van der Waals surface area contributed by atoms with E-state index < -0.39 is 15.9 Å². The first-order chi connectivity index (χ1) is 14.3. The van der Waals surface area contributed by atoms with Gasteiger partial charge in [-0.05, 0) is 48.4 Å². The smallest absolute Gasteiger partial charge is 0.319 e. The van der Waals surface area contributed by atoms with Crippen LogP contribution in [0.5, 0.6) is 0 Å². The zero-order chi connectivity index (χ0) is 21.6. The number of hydrogen-bond acceptors (Lipinski definition) is 5. The molecule has 154 valence electrons. The van der Waals surface area contributed by atoms with Gasteiger partial charge in [-0.25, -0.2) is 13.2 Å². The van der Waals surface area contributed by atoms with Crippen molar-refractivity contribution in [3.05, 3.63) is 89.7 Å². The molecule has 1 heterocycles. The van der Waals surface area contributed by atoms with Crippen LogP contribution in [0.4, 0.5) is 10.5 Å². The summed E-state index contributed by atoms with van der Waals surface area (Å²) in [5, 5.41) is 5.36. The Kier molecular flexibility index (Phi) is 6.58. The number of benzene rings is 2. The van der Waals surface area contributed by atoms with Crippen molar-refractivity contribution in [2.45, 2.75) is 24.1 Å². The van der Waals surface area contributed by atoms with Gasteiger partial charge in [-0.15, -0.1) is 0 Å². The average Bonchev–Trinajstić information content (AvgIpc) is 2.73. The first-order valence-electron chi connectivity index (χ1n) is 9.20. The van der Waals surface area contributed by atoms with Gasteiger partial charge in [0.1, 0.15) is 0 Å². The maximum atomic E-state index is 12.8. The molecule has 8 heteroatoms. The standard InChI is InChI=1S/C22H21N3O4S/c1-16(26)21-7-3-2-6-18(21)15-30(28,29)20-10-8-19(9-11-20)25-22(27)24-14-17-5-4-12-23-13-17/h2-13H,14-15H2,1H3,(H2,24,25,27). The number of sulfone groups is 1. The molecule has 1 aromatic heterocycles. The molecule has 0 saturated carbocycles. The second kappa shape index (κ2) is 9.32. The van der Waals surface area contributed by atoms with Gasteiger partial charge in [0.05, 0.1) is 10.6 Å². The molecule has 2 aromatic carbocycles. The quantitative estimate of drug-likeness (QED) is 0.565. The van der Waals surface area contributed by atoms with E-state index in [9.17, 15) is 18.0 Å². The van der Waals surface area contributed by atoms with Crippen LogP contribution in [0.15, 0.2) is 78.0 Å². The van der Waals surface area contributed by atoms with Crippen LogP contribution in [0.3, 0.4) is 0 Å². The van der Waals surface area contributed by atoms with Crippen LogP contribution in [-0.4, -0.2) is 25.2 Å². The summed E-state index contributed by atoms with van der Waals surface area (Å²) >= 11 is 0. The summed E-state index contributed by atoms with van der Waals surface area (Å²) in [5.41, 5.74) is 2.17. The highest BCUT2D eigenvalue weighted by atomic mass is 32.2. The molecule has 3 aromatic rings. The highest BCUT2D eigenvalue weighted by Gasteiger charge is 2.18. The van der Waals surface area contributed by atoms with Crippen molar-refractivity contribution >= 4 is 27.3 Å². The van der Waals surface area contributed by atoms with Crippen LogP contribution in [0.25, 0.3) is 0 Å². The van der Waals surface area contributed by atoms with Crippen LogP contribution in [0.1, 0.15) is 28.4 Å². The van der Waals surface area contributed by atoms with Crippen LogP contribution >= 0.6 is 0 Å². The number of hydrogen-bond donors (Lipinski definition) is 2. The van der Waals surface area contributed by atoms with Crippen molar-refractivity contribution in [1.29, 1.82) is 0 Å². The lowest BCUT2D eigenvalue weighted by molar-refractivity contribution is 0.101. The fourth-order valence-electron chi connectivity index (χ4n) is 2.88. The minimum absolute atomic E-state index is 0.113. The number of urea groups is 1. The molecule has 7 nitrogen and oxygen atoms in total. The van der Waals surface area contributed by atoms with Crippen LogP contribution in [-0.2, 0) is 22.1 Å². The second-order valence-corrected chi connectivity index (χ2v) is 8.66. The van der Waals surface area contributed by atoms with E-state index in [-0.39, 0.29) is 16.4 Å². The monoisotopic (exact) mass is 423 g/mol. The summed E-state index contributed by atoms with van der Waals surface area (Å²) in [4.78, 5) is 27.8. The second-order valence-electron chi connectivity index (χ2n) is 6.67. The number of amides is 2. The van der Waals surface area contributed by atoms with Gasteiger partial charge in [-0.2, -0.15) is 0 Å². The largest absolute Gasteiger partial charge is 0.334 e. The number of nitrogens with one attached hydrogen (secondary N) is 2. The predicted molar refractivity (Wildman–Crippen MR) is 114 cm³/mol. The lowest BCUT2D eigenvalue weighted by Gasteiger charge is -2.10. The molecule has 0 saturated heterocycles. The number of aromatic nitrogens is 1. The molecular formula is C22H21N3O4S. The Morgan fingerprint density at radius 3 is 2.37 bits per heavy atom. The van der Waals surface area contributed by atoms with Gasteiger partial charge in [0, 0.05) is 30.2 Å². The van der Waals surface area contributed by atoms with Gasteiger partial charge < -0.3 is 10.6 Å². The number of anilines is 1. The lowest BCUT2D eigenvalue weighted by Crippen LogP contribution is -2.28. The molecule has 0 bridgehead atoms. The molecule has 0 unspecified atom stereocenters. The van der Waals surface area contributed by atoms with E-state index in [4.69, 9.17) is 0 Å². The van der Waals surface area contributed by atoms with Crippen molar-refractivity contribution in [3.8, 4) is 0 Å². The Morgan fingerprint density at radius 2 is 1.70 bits per heavy atom. The number of ketones is 1. The molecular weight excluding hydrogens is 402 g/mol. The number of carbonyl (C=O) groups is 2. The molecule has 0 spiro atoms. The first kappa shape index (κ1) is 21.2. The molecule has 0 aliphatic rings. The van der Waals surface area contributed by atoms with E-state index in [0.29, 0.717) is 23.4 Å². The number of rotatable bonds is 7. The van der Waals surface area contributed by atoms with Gasteiger partial charge in [-0.3, -0.25) is 9.78 Å². The van der Waals surface area contributed by atoms with Gasteiger partial charge in [-0.1, -0.05) is 30.3 Å². The summed E-state index contributed by atoms with van der Waals surface area (Å²) in [7, 11) is -3.65. The highest BCUT2D eigenvalue weighted by Crippen LogP contribution is 2.21. The fraction of sp³-hybridized carbons (Fsp3) is 0.136. The van der Waals surface area contributed by atoms with E-state index in [1.165, 1.54) is 31.2 Å². The minimum atomic E-state index is -3.65. The van der Waals surface area contributed by atoms with Crippen molar-refractivity contribution in [2.24, 2.45) is 0 Å². The third kappa shape index (κ3) is 5.51. The zero-order valence-electron chi connectivity index (χ0n) is 16.3. The predicted octanol–water partition coefficient (Wildman–Crippen LogP) is 3.58. The van der Waals surface area contributed by atoms with Crippen molar-refractivity contribution in [3.63, 3.8) is 0 Å². The fourth-order valence-corrected chi connectivity index (χ4v) is 4.26. The Hall–Kier alpha value is -3.52. The number of carbonyl (C=O) groups excluding carboxylic acids is 2.